The number of rotatable bonds is 3. The molecular weight excluding hydrogens is 332 g/mol. The molecule has 1 amide bonds. The van der Waals surface area contributed by atoms with Crippen LogP contribution in [0.3, 0.4) is 0 Å². The molecule has 1 aromatic carbocycles. The van der Waals surface area contributed by atoms with Crippen molar-refractivity contribution in [3.63, 3.8) is 0 Å². The molecule has 1 heterocycles. The summed E-state index contributed by atoms with van der Waals surface area (Å²) in [6, 6.07) is 4.80. The topological polar surface area (TPSA) is 59.8 Å². The molecule has 0 aliphatic rings. The minimum absolute atomic E-state index is 0.195. The minimum atomic E-state index is -0.234. The van der Waals surface area contributed by atoms with E-state index in [2.05, 4.69) is 31.4 Å². The Bertz CT molecular complexity index is 614. The van der Waals surface area contributed by atoms with Crippen molar-refractivity contribution in [2.45, 2.75) is 13.0 Å². The predicted molar refractivity (Wildman–Crippen MR) is 76.0 cm³/mol. The number of carbonyl (C=O) groups is 1. The fourth-order valence-corrected chi connectivity index (χ4v) is 2.56. The van der Waals surface area contributed by atoms with Gasteiger partial charge in [-0.05, 0) is 41.1 Å². The number of halogens is 2. The zero-order valence-electron chi connectivity index (χ0n) is 10.4. The van der Waals surface area contributed by atoms with Gasteiger partial charge in [-0.3, -0.25) is 4.79 Å². The van der Waals surface area contributed by atoms with E-state index in [1.807, 2.05) is 14.0 Å². The summed E-state index contributed by atoms with van der Waals surface area (Å²) in [6.45, 7) is 1.85. The van der Waals surface area contributed by atoms with E-state index in [1.54, 1.807) is 29.1 Å². The number of amides is 1. The van der Waals surface area contributed by atoms with Crippen LogP contribution in [0.4, 0.5) is 0 Å². The minimum Gasteiger partial charge on any atom is -0.342 e. The largest absolute Gasteiger partial charge is 0.342 e. The highest BCUT2D eigenvalue weighted by atomic mass is 79.9. The van der Waals surface area contributed by atoms with Crippen molar-refractivity contribution in [3.8, 4) is 0 Å². The van der Waals surface area contributed by atoms with Gasteiger partial charge >= 0.3 is 0 Å². The normalized spacial score (nSPS) is 12.2. The Kier molecular flexibility index (Phi) is 4.21. The summed E-state index contributed by atoms with van der Waals surface area (Å²) in [5.74, 6) is 0.498. The van der Waals surface area contributed by atoms with Crippen LogP contribution in [0.2, 0.25) is 5.02 Å². The van der Waals surface area contributed by atoms with Crippen molar-refractivity contribution in [2.24, 2.45) is 7.05 Å². The standard InChI is InChI=1S/C12H12BrClN4O/c1-7(11-17-15-6-18(11)2)16-12(19)9-4-3-8(14)5-10(9)13/h3-7H,1-2H3,(H,16,19). The second-order valence-corrected chi connectivity index (χ2v) is 5.41. The quantitative estimate of drug-likeness (QED) is 0.932. The smallest absolute Gasteiger partial charge is 0.253 e. The summed E-state index contributed by atoms with van der Waals surface area (Å²) >= 11 is 9.17. The van der Waals surface area contributed by atoms with Gasteiger partial charge in [0, 0.05) is 16.5 Å². The first-order chi connectivity index (χ1) is 8.99. The van der Waals surface area contributed by atoms with Gasteiger partial charge in [0.2, 0.25) is 0 Å². The second-order valence-electron chi connectivity index (χ2n) is 4.12. The van der Waals surface area contributed by atoms with E-state index in [1.165, 1.54) is 0 Å². The predicted octanol–water partition coefficient (Wildman–Crippen LogP) is 2.72. The van der Waals surface area contributed by atoms with Gasteiger partial charge in [-0.1, -0.05) is 11.6 Å². The average molecular weight is 344 g/mol. The molecule has 100 valence electrons. The van der Waals surface area contributed by atoms with Gasteiger partial charge in [-0.15, -0.1) is 10.2 Å². The van der Waals surface area contributed by atoms with Crippen LogP contribution in [0.1, 0.15) is 29.1 Å². The van der Waals surface area contributed by atoms with Crippen molar-refractivity contribution < 1.29 is 4.79 Å². The third kappa shape index (κ3) is 3.13. The van der Waals surface area contributed by atoms with Crippen molar-refractivity contribution in [3.05, 3.63) is 45.4 Å². The third-order valence-corrected chi connectivity index (χ3v) is 3.55. The van der Waals surface area contributed by atoms with E-state index < -0.39 is 0 Å². The molecule has 0 radical (unpaired) electrons. The lowest BCUT2D eigenvalue weighted by atomic mass is 10.2. The highest BCUT2D eigenvalue weighted by molar-refractivity contribution is 9.10. The maximum absolute atomic E-state index is 12.2. The molecule has 0 aliphatic heterocycles. The molecule has 0 bridgehead atoms. The van der Waals surface area contributed by atoms with Gasteiger partial charge in [-0.25, -0.2) is 0 Å². The van der Waals surface area contributed by atoms with Crippen LogP contribution < -0.4 is 5.32 Å². The molecule has 2 aromatic rings. The van der Waals surface area contributed by atoms with Gasteiger partial charge in [0.1, 0.15) is 6.33 Å². The summed E-state index contributed by atoms with van der Waals surface area (Å²) in [6.07, 6.45) is 1.59. The van der Waals surface area contributed by atoms with Gasteiger partial charge in [0.25, 0.3) is 5.91 Å². The number of nitrogens with zero attached hydrogens (tertiary/aromatic N) is 3. The Hall–Kier alpha value is -1.40. The van der Waals surface area contributed by atoms with E-state index in [0.717, 1.165) is 0 Å². The molecule has 1 N–H and O–H groups in total. The van der Waals surface area contributed by atoms with E-state index in [9.17, 15) is 4.79 Å². The molecule has 0 aliphatic carbocycles. The fraction of sp³-hybridized carbons (Fsp3) is 0.250. The summed E-state index contributed by atoms with van der Waals surface area (Å²) in [5, 5.41) is 11.2. The number of hydrogen-bond acceptors (Lipinski definition) is 3. The molecule has 7 heteroatoms. The molecule has 2 rings (SSSR count). The van der Waals surface area contributed by atoms with Crippen molar-refractivity contribution in [1.29, 1.82) is 0 Å². The molecule has 0 fully saturated rings. The molecular formula is C12H12BrClN4O. The molecule has 0 saturated carbocycles. The molecule has 1 aromatic heterocycles. The first-order valence-corrected chi connectivity index (χ1v) is 6.76. The first kappa shape index (κ1) is 14.0. The number of nitrogens with one attached hydrogen (secondary N) is 1. The highest BCUT2D eigenvalue weighted by Gasteiger charge is 2.17. The number of benzene rings is 1. The molecule has 0 spiro atoms. The first-order valence-electron chi connectivity index (χ1n) is 5.59. The Morgan fingerprint density at radius 1 is 1.53 bits per heavy atom. The van der Waals surface area contributed by atoms with Gasteiger partial charge in [0.15, 0.2) is 5.82 Å². The summed E-state index contributed by atoms with van der Waals surface area (Å²) in [5.41, 5.74) is 0.526. The maximum atomic E-state index is 12.2. The van der Waals surface area contributed by atoms with Crippen molar-refractivity contribution >= 4 is 33.4 Å². The van der Waals surface area contributed by atoms with Crippen molar-refractivity contribution in [2.75, 3.05) is 0 Å². The fourth-order valence-electron chi connectivity index (χ4n) is 1.70. The Labute approximate surface area is 124 Å². The molecule has 0 saturated heterocycles. The molecule has 1 unspecified atom stereocenters. The summed E-state index contributed by atoms with van der Waals surface area (Å²) < 4.78 is 2.42. The van der Waals surface area contributed by atoms with Gasteiger partial charge in [-0.2, -0.15) is 0 Å². The molecule has 5 nitrogen and oxygen atoms in total. The van der Waals surface area contributed by atoms with E-state index in [0.29, 0.717) is 20.9 Å². The zero-order valence-corrected chi connectivity index (χ0v) is 12.7. The van der Waals surface area contributed by atoms with Crippen LogP contribution in [-0.4, -0.2) is 20.7 Å². The number of aryl methyl sites for hydroxylation is 1. The second kappa shape index (κ2) is 5.71. The number of hydrogen-bond donors (Lipinski definition) is 1. The Morgan fingerprint density at radius 3 is 2.84 bits per heavy atom. The lowest BCUT2D eigenvalue weighted by molar-refractivity contribution is 0.0937. The van der Waals surface area contributed by atoms with E-state index in [4.69, 9.17) is 11.6 Å². The van der Waals surface area contributed by atoms with Crippen LogP contribution in [0, 0.1) is 0 Å². The highest BCUT2D eigenvalue weighted by Crippen LogP contribution is 2.22. The molecule has 1 atom stereocenters. The van der Waals surface area contributed by atoms with Crippen LogP contribution in [0.5, 0.6) is 0 Å². The number of carbonyl (C=O) groups excluding carboxylic acids is 1. The van der Waals surface area contributed by atoms with Crippen LogP contribution in [0.15, 0.2) is 29.0 Å². The van der Waals surface area contributed by atoms with Gasteiger partial charge in [0.05, 0.1) is 11.6 Å². The van der Waals surface area contributed by atoms with Crippen LogP contribution in [0.25, 0.3) is 0 Å². The SMILES string of the molecule is CC(NC(=O)c1ccc(Cl)cc1Br)c1nncn1C. The van der Waals surface area contributed by atoms with E-state index >= 15 is 0 Å². The summed E-state index contributed by atoms with van der Waals surface area (Å²) in [7, 11) is 1.83. The molecule has 19 heavy (non-hydrogen) atoms. The maximum Gasteiger partial charge on any atom is 0.253 e. The third-order valence-electron chi connectivity index (χ3n) is 2.66. The average Bonchev–Trinajstić information content (AvgIpc) is 2.75. The lowest BCUT2D eigenvalue weighted by Gasteiger charge is -2.13. The monoisotopic (exact) mass is 342 g/mol. The van der Waals surface area contributed by atoms with E-state index in [-0.39, 0.29) is 11.9 Å². The Morgan fingerprint density at radius 2 is 2.26 bits per heavy atom. The van der Waals surface area contributed by atoms with Crippen LogP contribution >= 0.6 is 27.5 Å². The lowest BCUT2D eigenvalue weighted by Crippen LogP contribution is -2.28. The Balaban J connectivity index is 2.15. The zero-order chi connectivity index (χ0) is 14.0. The van der Waals surface area contributed by atoms with Crippen molar-refractivity contribution in [1.82, 2.24) is 20.1 Å². The van der Waals surface area contributed by atoms with Gasteiger partial charge < -0.3 is 9.88 Å². The summed E-state index contributed by atoms with van der Waals surface area (Å²) in [4.78, 5) is 12.2. The van der Waals surface area contributed by atoms with Crippen LogP contribution in [-0.2, 0) is 7.05 Å². The number of aromatic nitrogens is 3.